The quantitative estimate of drug-likeness (QED) is 0.548. The van der Waals surface area contributed by atoms with Gasteiger partial charge < -0.3 is 0 Å². The number of anilines is 1. The van der Waals surface area contributed by atoms with Gasteiger partial charge in [0.2, 0.25) is 0 Å². The maximum Gasteiger partial charge on any atom is 0.262 e. The topological polar surface area (TPSA) is 89.2 Å². The van der Waals surface area contributed by atoms with Crippen molar-refractivity contribution in [1.82, 2.24) is 19.8 Å². The van der Waals surface area contributed by atoms with E-state index in [-0.39, 0.29) is 4.90 Å². The zero-order chi connectivity index (χ0) is 19.9. The second kappa shape index (κ2) is 6.88. The molecule has 0 aliphatic heterocycles. The molecule has 4 aromatic rings. The number of hydrogen-bond donors (Lipinski definition) is 1. The maximum absolute atomic E-state index is 12.8. The van der Waals surface area contributed by atoms with Crippen molar-refractivity contribution < 1.29 is 8.42 Å². The summed E-state index contributed by atoms with van der Waals surface area (Å²) in [6.45, 7) is 3.49. The summed E-state index contributed by atoms with van der Waals surface area (Å²) in [6, 6.07) is 15.5. The molecule has 0 radical (unpaired) electrons. The summed E-state index contributed by atoms with van der Waals surface area (Å²) in [6.07, 6.45) is 0. The third-order valence-electron chi connectivity index (χ3n) is 4.34. The monoisotopic (exact) mass is 413 g/mol. The summed E-state index contributed by atoms with van der Waals surface area (Å²) in [5.41, 5.74) is 3.02. The Kier molecular flexibility index (Phi) is 4.52. The third kappa shape index (κ3) is 3.32. The predicted octanol–water partition coefficient (Wildman–Crippen LogP) is 3.86. The van der Waals surface area contributed by atoms with Gasteiger partial charge in [0.25, 0.3) is 10.0 Å². The largest absolute Gasteiger partial charge is 0.280 e. The van der Waals surface area contributed by atoms with Gasteiger partial charge in [-0.2, -0.15) is 9.61 Å². The van der Waals surface area contributed by atoms with Crippen molar-refractivity contribution in [2.75, 3.05) is 4.72 Å². The number of nitrogens with one attached hydrogen (secondary N) is 1. The van der Waals surface area contributed by atoms with Gasteiger partial charge in [-0.05, 0) is 55.8 Å². The molecule has 1 N–H and O–H groups in total. The van der Waals surface area contributed by atoms with Crippen LogP contribution in [0.5, 0.6) is 0 Å². The molecular formula is C19H16ClN5O2S. The number of fused-ring (bicyclic) bond motifs is 1. The van der Waals surface area contributed by atoms with Crippen LogP contribution in [-0.4, -0.2) is 28.2 Å². The van der Waals surface area contributed by atoms with Crippen molar-refractivity contribution in [2.24, 2.45) is 0 Å². The zero-order valence-electron chi connectivity index (χ0n) is 15.1. The highest BCUT2D eigenvalue weighted by molar-refractivity contribution is 7.92. The minimum Gasteiger partial charge on any atom is -0.280 e. The first-order valence-corrected chi connectivity index (χ1v) is 10.3. The van der Waals surface area contributed by atoms with Crippen LogP contribution in [0.1, 0.15) is 11.4 Å². The SMILES string of the molecule is Cc1c(Cl)cccc1S(=O)(=O)Nc1cccc(-c2ccc3nnc(C)n3n2)c1. The highest BCUT2D eigenvalue weighted by atomic mass is 35.5. The van der Waals surface area contributed by atoms with Gasteiger partial charge in [0.05, 0.1) is 10.6 Å². The molecule has 28 heavy (non-hydrogen) atoms. The van der Waals surface area contributed by atoms with Gasteiger partial charge in [-0.3, -0.25) is 4.72 Å². The first-order chi connectivity index (χ1) is 13.3. The minimum absolute atomic E-state index is 0.144. The molecule has 0 bridgehead atoms. The van der Waals surface area contributed by atoms with Crippen LogP contribution < -0.4 is 4.72 Å². The lowest BCUT2D eigenvalue weighted by atomic mass is 10.1. The van der Waals surface area contributed by atoms with Gasteiger partial charge in [0.15, 0.2) is 11.5 Å². The number of halogens is 1. The fourth-order valence-corrected chi connectivity index (χ4v) is 4.43. The Balaban J connectivity index is 1.70. The molecule has 0 amide bonds. The van der Waals surface area contributed by atoms with E-state index in [1.54, 1.807) is 41.8 Å². The van der Waals surface area contributed by atoms with E-state index in [4.69, 9.17) is 11.6 Å². The molecule has 2 heterocycles. The second-order valence-corrected chi connectivity index (χ2v) is 8.34. The number of rotatable bonds is 4. The van der Waals surface area contributed by atoms with Crippen LogP contribution >= 0.6 is 11.6 Å². The highest BCUT2D eigenvalue weighted by Crippen LogP contribution is 2.26. The smallest absolute Gasteiger partial charge is 0.262 e. The number of nitrogens with zero attached hydrogens (tertiary/aromatic N) is 4. The van der Waals surface area contributed by atoms with Crippen molar-refractivity contribution in [1.29, 1.82) is 0 Å². The van der Waals surface area contributed by atoms with E-state index in [1.165, 1.54) is 6.07 Å². The number of benzene rings is 2. The van der Waals surface area contributed by atoms with Crippen LogP contribution in [0, 0.1) is 13.8 Å². The van der Waals surface area contributed by atoms with E-state index >= 15 is 0 Å². The molecule has 0 aliphatic carbocycles. The number of hydrogen-bond acceptors (Lipinski definition) is 5. The van der Waals surface area contributed by atoms with E-state index in [9.17, 15) is 8.42 Å². The van der Waals surface area contributed by atoms with Gasteiger partial charge in [-0.25, -0.2) is 8.42 Å². The van der Waals surface area contributed by atoms with Gasteiger partial charge in [0.1, 0.15) is 0 Å². The molecule has 0 aliphatic rings. The lowest BCUT2D eigenvalue weighted by Crippen LogP contribution is -2.14. The molecule has 0 spiro atoms. The Hall–Kier alpha value is -2.97. The molecule has 142 valence electrons. The first-order valence-electron chi connectivity index (χ1n) is 8.42. The van der Waals surface area contributed by atoms with Crippen molar-refractivity contribution in [3.63, 3.8) is 0 Å². The molecule has 0 unspecified atom stereocenters. The van der Waals surface area contributed by atoms with Crippen molar-refractivity contribution in [2.45, 2.75) is 18.7 Å². The average Bonchev–Trinajstić information content (AvgIpc) is 3.04. The van der Waals surface area contributed by atoms with Gasteiger partial charge >= 0.3 is 0 Å². The van der Waals surface area contributed by atoms with Crippen LogP contribution in [0.3, 0.4) is 0 Å². The molecule has 7 nitrogen and oxygen atoms in total. The Morgan fingerprint density at radius 3 is 2.61 bits per heavy atom. The third-order valence-corrected chi connectivity index (χ3v) is 6.27. The van der Waals surface area contributed by atoms with Crippen LogP contribution in [0.15, 0.2) is 59.5 Å². The highest BCUT2D eigenvalue weighted by Gasteiger charge is 2.18. The first kappa shape index (κ1) is 18.4. The van der Waals surface area contributed by atoms with Gasteiger partial charge in [-0.1, -0.05) is 29.8 Å². The summed E-state index contributed by atoms with van der Waals surface area (Å²) < 4.78 is 29.9. The maximum atomic E-state index is 12.8. The van der Waals surface area contributed by atoms with Gasteiger partial charge in [0, 0.05) is 16.3 Å². The van der Waals surface area contributed by atoms with Crippen molar-refractivity contribution >= 4 is 33.0 Å². The van der Waals surface area contributed by atoms with Crippen LogP contribution in [0.2, 0.25) is 5.02 Å². The van der Waals surface area contributed by atoms with Crippen molar-refractivity contribution in [3.8, 4) is 11.3 Å². The second-order valence-electron chi connectivity index (χ2n) is 6.29. The Morgan fingerprint density at radius 2 is 1.79 bits per heavy atom. The van der Waals surface area contributed by atoms with Crippen LogP contribution in [0.25, 0.3) is 16.9 Å². The number of aromatic nitrogens is 4. The number of aryl methyl sites for hydroxylation is 1. The number of sulfonamides is 1. The molecule has 0 saturated heterocycles. The van der Waals surface area contributed by atoms with E-state index in [0.29, 0.717) is 33.4 Å². The molecular weight excluding hydrogens is 398 g/mol. The Labute approximate surface area is 167 Å². The Morgan fingerprint density at radius 1 is 1.00 bits per heavy atom. The summed E-state index contributed by atoms with van der Waals surface area (Å²) >= 11 is 6.07. The fraction of sp³-hybridized carbons (Fsp3) is 0.105. The Bertz CT molecular complexity index is 1300. The fourth-order valence-electron chi connectivity index (χ4n) is 2.88. The minimum atomic E-state index is -3.78. The van der Waals surface area contributed by atoms with Crippen molar-refractivity contribution in [3.05, 3.63) is 71.0 Å². The summed E-state index contributed by atoms with van der Waals surface area (Å²) in [4.78, 5) is 0.144. The summed E-state index contributed by atoms with van der Waals surface area (Å²) in [5, 5.41) is 12.9. The zero-order valence-corrected chi connectivity index (χ0v) is 16.7. The molecule has 0 saturated carbocycles. The molecule has 2 aromatic heterocycles. The predicted molar refractivity (Wildman–Crippen MR) is 108 cm³/mol. The van der Waals surface area contributed by atoms with Crippen LogP contribution in [0.4, 0.5) is 5.69 Å². The molecule has 4 rings (SSSR count). The molecule has 0 atom stereocenters. The molecule has 0 fully saturated rings. The summed E-state index contributed by atoms with van der Waals surface area (Å²) in [7, 11) is -3.78. The van der Waals surface area contributed by atoms with Crippen LogP contribution in [-0.2, 0) is 10.0 Å². The van der Waals surface area contributed by atoms with E-state index in [1.807, 2.05) is 25.1 Å². The lowest BCUT2D eigenvalue weighted by Gasteiger charge is -2.12. The van der Waals surface area contributed by atoms with E-state index < -0.39 is 10.0 Å². The standard InChI is InChI=1S/C19H16ClN5O2S/c1-12-16(20)7-4-8-18(12)28(26,27)24-15-6-3-5-14(11-15)17-9-10-19-22-21-13(2)25(19)23-17/h3-11,24H,1-2H3. The normalized spacial score (nSPS) is 11.7. The molecule has 2 aromatic carbocycles. The van der Waals surface area contributed by atoms with Gasteiger partial charge in [-0.15, -0.1) is 10.2 Å². The molecule has 9 heteroatoms. The summed E-state index contributed by atoms with van der Waals surface area (Å²) in [5.74, 6) is 0.671. The van der Waals surface area contributed by atoms with E-state index in [0.717, 1.165) is 5.56 Å². The average molecular weight is 414 g/mol. The lowest BCUT2D eigenvalue weighted by molar-refractivity contribution is 0.600. The van der Waals surface area contributed by atoms with E-state index in [2.05, 4.69) is 20.0 Å².